The van der Waals surface area contributed by atoms with Crippen LogP contribution in [0.15, 0.2) is 29.3 Å². The van der Waals surface area contributed by atoms with E-state index in [1.54, 1.807) is 13.8 Å². The highest BCUT2D eigenvalue weighted by Gasteiger charge is 2.38. The molecule has 6 nitrogen and oxygen atoms in total. The maximum Gasteiger partial charge on any atom is 0.531 e. The first-order valence-electron chi connectivity index (χ1n) is 6.95. The summed E-state index contributed by atoms with van der Waals surface area (Å²) >= 11 is 0. The van der Waals surface area contributed by atoms with Crippen LogP contribution < -0.4 is 5.32 Å². The summed E-state index contributed by atoms with van der Waals surface area (Å²) < 4.78 is 28.3. The number of phosphoric acid groups is 1. The van der Waals surface area contributed by atoms with Crippen LogP contribution in [-0.2, 0) is 18.1 Å². The fourth-order valence-electron chi connectivity index (χ4n) is 1.96. The largest absolute Gasteiger partial charge is 0.531 e. The molecule has 1 aliphatic heterocycles. The van der Waals surface area contributed by atoms with Gasteiger partial charge in [0.15, 0.2) is 0 Å². The average Bonchev–Trinajstić information content (AvgIpc) is 2.39. The second-order valence-electron chi connectivity index (χ2n) is 5.06. The van der Waals surface area contributed by atoms with E-state index in [1.807, 2.05) is 38.1 Å². The molecule has 1 heterocycles. The molecular formula is C14H21N2O4P. The lowest BCUT2D eigenvalue weighted by molar-refractivity contribution is 0.161. The SMILES string of the molecule is CCOP(=O)(OCC)OC1=Nc2ccccc2NC1(C)C. The molecule has 0 bridgehead atoms. The lowest BCUT2D eigenvalue weighted by Gasteiger charge is -2.33. The van der Waals surface area contributed by atoms with Crippen LogP contribution in [0.3, 0.4) is 0 Å². The number of hydrogen-bond donors (Lipinski definition) is 1. The van der Waals surface area contributed by atoms with Gasteiger partial charge in [-0.15, -0.1) is 0 Å². The summed E-state index contributed by atoms with van der Waals surface area (Å²) in [4.78, 5) is 4.45. The smallest absolute Gasteiger partial charge is 0.387 e. The lowest BCUT2D eigenvalue weighted by atomic mass is 10.0. The molecule has 0 atom stereocenters. The summed E-state index contributed by atoms with van der Waals surface area (Å²) in [6.45, 7) is 7.71. The van der Waals surface area contributed by atoms with Crippen molar-refractivity contribution in [1.82, 2.24) is 0 Å². The Kier molecular flexibility index (Phi) is 4.71. The van der Waals surface area contributed by atoms with Crippen molar-refractivity contribution in [2.24, 2.45) is 4.99 Å². The summed E-state index contributed by atoms with van der Waals surface area (Å²) in [6, 6.07) is 7.59. The van der Waals surface area contributed by atoms with E-state index in [0.717, 1.165) is 11.4 Å². The van der Waals surface area contributed by atoms with Gasteiger partial charge in [0.25, 0.3) is 0 Å². The topological polar surface area (TPSA) is 69.2 Å². The predicted octanol–water partition coefficient (Wildman–Crippen LogP) is 4.12. The molecule has 1 aromatic rings. The highest BCUT2D eigenvalue weighted by molar-refractivity contribution is 7.49. The molecule has 0 spiro atoms. The second kappa shape index (κ2) is 6.18. The van der Waals surface area contributed by atoms with Gasteiger partial charge in [0.05, 0.1) is 24.6 Å². The number of para-hydroxylation sites is 2. The number of nitrogens with one attached hydrogen (secondary N) is 1. The van der Waals surface area contributed by atoms with E-state index < -0.39 is 13.4 Å². The molecule has 0 unspecified atom stereocenters. The third kappa shape index (κ3) is 3.64. The quantitative estimate of drug-likeness (QED) is 0.828. The summed E-state index contributed by atoms with van der Waals surface area (Å²) in [6.07, 6.45) is 0. The van der Waals surface area contributed by atoms with E-state index in [9.17, 15) is 4.57 Å². The number of hydrogen-bond acceptors (Lipinski definition) is 6. The van der Waals surface area contributed by atoms with Crippen molar-refractivity contribution in [3.05, 3.63) is 24.3 Å². The molecule has 21 heavy (non-hydrogen) atoms. The fourth-order valence-corrected chi connectivity index (χ4v) is 3.26. The molecule has 0 saturated carbocycles. The van der Waals surface area contributed by atoms with Gasteiger partial charge in [-0.3, -0.25) is 9.05 Å². The van der Waals surface area contributed by atoms with E-state index in [2.05, 4.69) is 10.3 Å². The minimum Gasteiger partial charge on any atom is -0.387 e. The van der Waals surface area contributed by atoms with E-state index in [-0.39, 0.29) is 19.1 Å². The van der Waals surface area contributed by atoms with Crippen LogP contribution >= 0.6 is 7.82 Å². The Morgan fingerprint density at radius 1 is 1.19 bits per heavy atom. The Balaban J connectivity index is 2.33. The molecule has 7 heteroatoms. The van der Waals surface area contributed by atoms with Gasteiger partial charge < -0.3 is 9.84 Å². The molecule has 0 aliphatic carbocycles. The maximum atomic E-state index is 12.5. The first kappa shape index (κ1) is 16.0. The van der Waals surface area contributed by atoms with Crippen LogP contribution in [0, 0.1) is 0 Å². The highest BCUT2D eigenvalue weighted by Crippen LogP contribution is 2.51. The van der Waals surface area contributed by atoms with Crippen LogP contribution in [0.2, 0.25) is 0 Å². The first-order valence-corrected chi connectivity index (χ1v) is 8.41. The van der Waals surface area contributed by atoms with Crippen molar-refractivity contribution < 1.29 is 18.1 Å². The second-order valence-corrected chi connectivity index (χ2v) is 6.65. The van der Waals surface area contributed by atoms with E-state index in [4.69, 9.17) is 13.6 Å². The third-order valence-corrected chi connectivity index (χ3v) is 4.43. The standard InChI is InChI=1S/C14H21N2O4P/c1-5-18-21(17,19-6-2)20-13-14(3,4)16-12-10-8-7-9-11(12)15-13/h7-10,16H,5-6H2,1-4H3. The third-order valence-electron chi connectivity index (χ3n) is 2.88. The van der Waals surface area contributed by atoms with Gasteiger partial charge in [-0.05, 0) is 39.8 Å². The van der Waals surface area contributed by atoms with Gasteiger partial charge in [-0.25, -0.2) is 9.56 Å². The molecule has 1 aliphatic rings. The van der Waals surface area contributed by atoms with Crippen molar-refractivity contribution >= 4 is 25.1 Å². The number of phosphoric ester groups is 1. The molecule has 1 aromatic carbocycles. The number of nitrogens with zero attached hydrogens (tertiary/aromatic N) is 1. The molecule has 0 fully saturated rings. The van der Waals surface area contributed by atoms with Crippen LogP contribution in [-0.4, -0.2) is 24.7 Å². The number of benzene rings is 1. The minimum atomic E-state index is -3.65. The minimum absolute atomic E-state index is 0.231. The van der Waals surface area contributed by atoms with Crippen molar-refractivity contribution in [1.29, 1.82) is 0 Å². The molecule has 2 rings (SSSR count). The van der Waals surface area contributed by atoms with Crippen molar-refractivity contribution in [2.45, 2.75) is 33.2 Å². The summed E-state index contributed by atoms with van der Waals surface area (Å²) in [5, 5.41) is 3.31. The fraction of sp³-hybridized carbons (Fsp3) is 0.500. The number of anilines is 1. The van der Waals surface area contributed by atoms with E-state index in [1.165, 1.54) is 0 Å². The van der Waals surface area contributed by atoms with Gasteiger partial charge in [0, 0.05) is 0 Å². The van der Waals surface area contributed by atoms with Crippen LogP contribution in [0.4, 0.5) is 11.4 Å². The maximum absolute atomic E-state index is 12.5. The summed E-state index contributed by atoms with van der Waals surface area (Å²) in [5.41, 5.74) is 1.02. The molecule has 0 saturated heterocycles. The van der Waals surface area contributed by atoms with Gasteiger partial charge >= 0.3 is 7.82 Å². The van der Waals surface area contributed by atoms with E-state index in [0.29, 0.717) is 0 Å². The average molecular weight is 312 g/mol. The lowest BCUT2D eigenvalue weighted by Crippen LogP contribution is -2.43. The zero-order valence-electron chi connectivity index (χ0n) is 12.8. The molecule has 0 aromatic heterocycles. The van der Waals surface area contributed by atoms with Crippen LogP contribution in [0.5, 0.6) is 0 Å². The summed E-state index contributed by atoms with van der Waals surface area (Å²) in [7, 11) is -3.65. The van der Waals surface area contributed by atoms with Crippen molar-refractivity contribution in [2.75, 3.05) is 18.5 Å². The Morgan fingerprint density at radius 2 is 1.81 bits per heavy atom. The number of aliphatic imine (C=N–C) groups is 1. The Bertz CT molecular complexity index is 576. The Hall–Kier alpha value is -1.36. The van der Waals surface area contributed by atoms with Crippen molar-refractivity contribution in [3.8, 4) is 0 Å². The Morgan fingerprint density at radius 3 is 2.43 bits per heavy atom. The van der Waals surface area contributed by atoms with Crippen LogP contribution in [0.25, 0.3) is 0 Å². The van der Waals surface area contributed by atoms with Crippen LogP contribution in [0.1, 0.15) is 27.7 Å². The molecule has 0 radical (unpaired) electrons. The van der Waals surface area contributed by atoms with Gasteiger partial charge in [-0.2, -0.15) is 0 Å². The van der Waals surface area contributed by atoms with Gasteiger partial charge in [0.1, 0.15) is 5.54 Å². The zero-order valence-corrected chi connectivity index (χ0v) is 13.6. The monoisotopic (exact) mass is 312 g/mol. The predicted molar refractivity (Wildman–Crippen MR) is 83.2 cm³/mol. The molecule has 116 valence electrons. The first-order chi connectivity index (χ1) is 9.90. The van der Waals surface area contributed by atoms with Gasteiger partial charge in [-0.1, -0.05) is 12.1 Å². The summed E-state index contributed by atoms with van der Waals surface area (Å²) in [5.74, 6) is 0.284. The highest BCUT2D eigenvalue weighted by atomic mass is 31.2. The molecule has 1 N–H and O–H groups in total. The van der Waals surface area contributed by atoms with Crippen molar-refractivity contribution in [3.63, 3.8) is 0 Å². The number of fused-ring (bicyclic) bond motifs is 1. The molecular weight excluding hydrogens is 291 g/mol. The van der Waals surface area contributed by atoms with E-state index >= 15 is 0 Å². The normalized spacial score (nSPS) is 16.7. The number of rotatable bonds is 5. The Labute approximate surface area is 125 Å². The van der Waals surface area contributed by atoms with Gasteiger partial charge in [0.2, 0.25) is 5.90 Å². The molecule has 0 amide bonds. The zero-order chi connectivity index (χ0) is 15.5.